The normalized spacial score (nSPS) is 10.9. The molecule has 4 rings (SSSR count). The zero-order chi connectivity index (χ0) is 21.6. The highest BCUT2D eigenvalue weighted by atomic mass is 16.6. The van der Waals surface area contributed by atoms with Crippen molar-refractivity contribution in [3.63, 3.8) is 0 Å². The van der Waals surface area contributed by atoms with Gasteiger partial charge in [0.25, 0.3) is 5.69 Å². The molecule has 0 spiro atoms. The summed E-state index contributed by atoms with van der Waals surface area (Å²) in [5.41, 5.74) is 4.30. The minimum atomic E-state index is -0.404. The molecule has 0 aliphatic heterocycles. The number of nitrogens with zero attached hydrogens (tertiary/aromatic N) is 4. The molecule has 0 unspecified atom stereocenters. The summed E-state index contributed by atoms with van der Waals surface area (Å²) in [5.74, 6) is 0. The molecule has 0 N–H and O–H groups in total. The molecule has 0 saturated heterocycles. The van der Waals surface area contributed by atoms with E-state index in [1.807, 2.05) is 48.7 Å². The van der Waals surface area contributed by atoms with E-state index in [0.717, 1.165) is 27.6 Å². The summed E-state index contributed by atoms with van der Waals surface area (Å²) in [6.45, 7) is 0.782. The Hall–Kier alpha value is -4.44. The van der Waals surface area contributed by atoms with Gasteiger partial charge in [-0.1, -0.05) is 53.7 Å². The van der Waals surface area contributed by atoms with Crippen LogP contribution in [-0.2, 0) is 18.0 Å². The Labute approximate surface area is 178 Å². The van der Waals surface area contributed by atoms with Crippen molar-refractivity contribution in [2.45, 2.75) is 13.2 Å². The molecular formula is C24H18N4O3. The molecule has 31 heavy (non-hydrogen) atoms. The molecule has 0 fully saturated rings. The molecule has 0 atom stereocenters. The van der Waals surface area contributed by atoms with Gasteiger partial charge < -0.3 is 9.40 Å². The highest BCUT2D eigenvalue weighted by molar-refractivity contribution is 5.99. The number of fused-ring (bicyclic) bond motifs is 1. The summed E-state index contributed by atoms with van der Waals surface area (Å²) >= 11 is 0. The Bertz CT molecular complexity index is 1300. The highest BCUT2D eigenvalue weighted by Gasteiger charge is 2.09. The number of rotatable bonds is 7. The first kappa shape index (κ1) is 19.9. The molecular weight excluding hydrogens is 392 g/mol. The highest BCUT2D eigenvalue weighted by Crippen LogP contribution is 2.22. The number of hydrogen-bond donors (Lipinski definition) is 0. The van der Waals surface area contributed by atoms with Crippen molar-refractivity contribution in [3.05, 3.63) is 111 Å². The van der Waals surface area contributed by atoms with Gasteiger partial charge in [-0.05, 0) is 17.7 Å². The van der Waals surface area contributed by atoms with Crippen LogP contribution in [0.5, 0.6) is 0 Å². The SMILES string of the molecule is N#Cc1ccccc1CO/N=C\c1cn(Cc2ccc([N+](=O)[O-])cc2)c2ccccc12. The van der Waals surface area contributed by atoms with Crippen LogP contribution in [0, 0.1) is 21.4 Å². The van der Waals surface area contributed by atoms with Gasteiger partial charge in [0, 0.05) is 46.9 Å². The maximum absolute atomic E-state index is 10.9. The predicted molar refractivity (Wildman–Crippen MR) is 118 cm³/mol. The Morgan fingerprint density at radius 1 is 1.06 bits per heavy atom. The zero-order valence-corrected chi connectivity index (χ0v) is 16.5. The predicted octanol–water partition coefficient (Wildman–Crippen LogP) is 5.02. The van der Waals surface area contributed by atoms with Crippen LogP contribution in [0.25, 0.3) is 10.9 Å². The van der Waals surface area contributed by atoms with Gasteiger partial charge >= 0.3 is 0 Å². The van der Waals surface area contributed by atoms with Crippen molar-refractivity contribution in [2.24, 2.45) is 5.16 Å². The monoisotopic (exact) mass is 410 g/mol. The molecule has 0 saturated carbocycles. The first-order chi connectivity index (χ1) is 15.2. The summed E-state index contributed by atoms with van der Waals surface area (Å²) in [7, 11) is 0. The van der Waals surface area contributed by atoms with E-state index in [1.54, 1.807) is 24.4 Å². The lowest BCUT2D eigenvalue weighted by atomic mass is 10.1. The number of non-ortho nitro benzene ring substituents is 1. The Balaban J connectivity index is 1.53. The van der Waals surface area contributed by atoms with E-state index >= 15 is 0 Å². The minimum Gasteiger partial charge on any atom is -0.391 e. The average molecular weight is 410 g/mol. The van der Waals surface area contributed by atoms with Crippen molar-refractivity contribution in [1.82, 2.24) is 4.57 Å². The van der Waals surface area contributed by atoms with Crippen molar-refractivity contribution >= 4 is 22.8 Å². The van der Waals surface area contributed by atoms with Crippen LogP contribution in [0.15, 0.2) is 84.1 Å². The summed E-state index contributed by atoms with van der Waals surface area (Å²) in [5, 5.41) is 25.1. The summed E-state index contributed by atoms with van der Waals surface area (Å²) < 4.78 is 2.07. The standard InChI is InChI=1S/C24H18N4O3/c25-13-19-5-1-2-6-20(19)17-31-26-14-21-16-27(24-8-4-3-7-23(21)24)15-18-9-11-22(12-10-18)28(29)30/h1-12,14,16H,15,17H2/b26-14-. The smallest absolute Gasteiger partial charge is 0.269 e. The van der Waals surface area contributed by atoms with Gasteiger partial charge in [0.2, 0.25) is 0 Å². The van der Waals surface area contributed by atoms with Gasteiger partial charge in [-0.15, -0.1) is 0 Å². The zero-order valence-electron chi connectivity index (χ0n) is 16.5. The average Bonchev–Trinajstić information content (AvgIpc) is 3.15. The number of nitro groups is 1. The van der Waals surface area contributed by atoms with E-state index in [2.05, 4.69) is 15.8 Å². The topological polar surface area (TPSA) is 93.4 Å². The molecule has 3 aromatic carbocycles. The van der Waals surface area contributed by atoms with Crippen LogP contribution in [-0.4, -0.2) is 15.7 Å². The fraction of sp³-hybridized carbons (Fsp3) is 0.0833. The Morgan fingerprint density at radius 2 is 1.81 bits per heavy atom. The molecule has 7 nitrogen and oxygen atoms in total. The molecule has 4 aromatic rings. The fourth-order valence-corrected chi connectivity index (χ4v) is 3.38. The van der Waals surface area contributed by atoms with E-state index in [4.69, 9.17) is 10.1 Å². The molecule has 7 heteroatoms. The van der Waals surface area contributed by atoms with E-state index in [0.29, 0.717) is 12.1 Å². The van der Waals surface area contributed by atoms with Gasteiger partial charge in [0.05, 0.1) is 22.8 Å². The number of aromatic nitrogens is 1. The molecule has 0 bridgehead atoms. The van der Waals surface area contributed by atoms with Crippen molar-refractivity contribution in [2.75, 3.05) is 0 Å². The van der Waals surface area contributed by atoms with Crippen molar-refractivity contribution in [1.29, 1.82) is 5.26 Å². The van der Waals surface area contributed by atoms with Crippen LogP contribution in [0.4, 0.5) is 5.69 Å². The second-order valence-electron chi connectivity index (χ2n) is 6.93. The lowest BCUT2D eigenvalue weighted by molar-refractivity contribution is -0.384. The quantitative estimate of drug-likeness (QED) is 0.243. The van der Waals surface area contributed by atoms with E-state index < -0.39 is 4.92 Å². The molecule has 152 valence electrons. The van der Waals surface area contributed by atoms with E-state index in [-0.39, 0.29) is 12.3 Å². The van der Waals surface area contributed by atoms with Crippen LogP contribution in [0.2, 0.25) is 0 Å². The lowest BCUT2D eigenvalue weighted by Crippen LogP contribution is -1.98. The van der Waals surface area contributed by atoms with E-state index in [1.165, 1.54) is 12.1 Å². The van der Waals surface area contributed by atoms with Crippen LogP contribution in [0.3, 0.4) is 0 Å². The number of benzene rings is 3. The van der Waals surface area contributed by atoms with Gasteiger partial charge in [0.1, 0.15) is 6.61 Å². The second kappa shape index (κ2) is 8.93. The first-order valence-electron chi connectivity index (χ1n) is 9.60. The maximum Gasteiger partial charge on any atom is 0.269 e. The minimum absolute atomic E-state index is 0.0732. The summed E-state index contributed by atoms with van der Waals surface area (Å²) in [6.07, 6.45) is 3.63. The molecule has 1 aromatic heterocycles. The molecule has 0 aliphatic rings. The van der Waals surface area contributed by atoms with Crippen LogP contribution in [0.1, 0.15) is 22.3 Å². The van der Waals surface area contributed by atoms with Crippen molar-refractivity contribution in [3.8, 4) is 6.07 Å². The van der Waals surface area contributed by atoms with Gasteiger partial charge in [-0.25, -0.2) is 0 Å². The third-order valence-corrected chi connectivity index (χ3v) is 4.94. The summed E-state index contributed by atoms with van der Waals surface area (Å²) in [6, 6.07) is 23.9. The van der Waals surface area contributed by atoms with Crippen molar-refractivity contribution < 1.29 is 9.76 Å². The largest absolute Gasteiger partial charge is 0.391 e. The molecule has 0 amide bonds. The van der Waals surface area contributed by atoms with Crippen LogP contribution >= 0.6 is 0 Å². The first-order valence-corrected chi connectivity index (χ1v) is 9.60. The van der Waals surface area contributed by atoms with Crippen LogP contribution < -0.4 is 0 Å². The molecule has 1 heterocycles. The Kier molecular flexibility index (Phi) is 5.72. The number of nitriles is 1. The summed E-state index contributed by atoms with van der Waals surface area (Å²) in [4.78, 5) is 15.9. The molecule has 0 aliphatic carbocycles. The third kappa shape index (κ3) is 4.43. The third-order valence-electron chi connectivity index (χ3n) is 4.94. The van der Waals surface area contributed by atoms with Gasteiger partial charge in [0.15, 0.2) is 0 Å². The van der Waals surface area contributed by atoms with E-state index in [9.17, 15) is 10.1 Å². The lowest BCUT2D eigenvalue weighted by Gasteiger charge is -2.05. The fourth-order valence-electron chi connectivity index (χ4n) is 3.38. The molecule has 0 radical (unpaired) electrons. The number of nitro benzene ring substituents is 1. The number of oxime groups is 1. The number of hydrogen-bond acceptors (Lipinski definition) is 5. The maximum atomic E-state index is 10.9. The Morgan fingerprint density at radius 3 is 2.58 bits per heavy atom. The van der Waals surface area contributed by atoms with Gasteiger partial charge in [-0.3, -0.25) is 10.1 Å². The van der Waals surface area contributed by atoms with Gasteiger partial charge in [-0.2, -0.15) is 5.26 Å². The second-order valence-corrected chi connectivity index (χ2v) is 6.93. The number of para-hydroxylation sites is 1.